The van der Waals surface area contributed by atoms with Gasteiger partial charge >= 0.3 is 0 Å². The summed E-state index contributed by atoms with van der Waals surface area (Å²) >= 11 is 7.64. The Bertz CT molecular complexity index is 797. The molecule has 0 aliphatic heterocycles. The van der Waals surface area contributed by atoms with Gasteiger partial charge in [-0.2, -0.15) is 0 Å². The number of thiazole rings is 1. The molecule has 3 aromatic rings. The second-order valence-electron chi connectivity index (χ2n) is 4.36. The summed E-state index contributed by atoms with van der Waals surface area (Å²) in [6, 6.07) is 3.62. The zero-order valence-corrected chi connectivity index (χ0v) is 12.5. The van der Waals surface area contributed by atoms with Crippen LogP contribution in [0.1, 0.15) is 10.5 Å². The van der Waals surface area contributed by atoms with Crippen LogP contribution in [-0.2, 0) is 6.54 Å². The van der Waals surface area contributed by atoms with Crippen molar-refractivity contribution < 1.29 is 4.79 Å². The number of amides is 1. The highest BCUT2D eigenvalue weighted by atomic mass is 35.5. The normalized spacial score (nSPS) is 11.0. The summed E-state index contributed by atoms with van der Waals surface area (Å²) in [5.41, 5.74) is 8.68. The molecule has 21 heavy (non-hydrogen) atoms. The molecule has 0 radical (unpaired) electrons. The van der Waals surface area contributed by atoms with E-state index in [0.717, 1.165) is 4.70 Å². The molecule has 0 bridgehead atoms. The maximum absolute atomic E-state index is 12.2. The van der Waals surface area contributed by atoms with Gasteiger partial charge in [-0.1, -0.05) is 11.6 Å². The monoisotopic (exact) mass is 321 g/mol. The molecule has 1 aromatic carbocycles. The van der Waals surface area contributed by atoms with Gasteiger partial charge in [-0.15, -0.1) is 11.3 Å². The Morgan fingerprint density at radius 2 is 2.29 bits per heavy atom. The molecule has 6 nitrogen and oxygen atoms in total. The van der Waals surface area contributed by atoms with Gasteiger partial charge in [0.15, 0.2) is 0 Å². The van der Waals surface area contributed by atoms with Crippen molar-refractivity contribution in [2.45, 2.75) is 6.54 Å². The van der Waals surface area contributed by atoms with Crippen molar-refractivity contribution in [1.29, 1.82) is 0 Å². The highest BCUT2D eigenvalue weighted by molar-refractivity contribution is 7.16. The first-order valence-corrected chi connectivity index (χ1v) is 7.49. The first-order chi connectivity index (χ1) is 10.2. The number of carbonyl (C=O) groups is 1. The van der Waals surface area contributed by atoms with Gasteiger partial charge < -0.3 is 15.6 Å². The smallest absolute Gasteiger partial charge is 0.275 e. The number of fused-ring (bicyclic) bond motifs is 1. The molecule has 0 spiro atoms. The second kappa shape index (κ2) is 5.80. The van der Waals surface area contributed by atoms with Crippen molar-refractivity contribution in [2.24, 2.45) is 5.73 Å². The molecule has 3 N–H and O–H groups in total. The molecule has 108 valence electrons. The van der Waals surface area contributed by atoms with E-state index in [0.29, 0.717) is 35.0 Å². The van der Waals surface area contributed by atoms with Crippen LogP contribution in [0, 0.1) is 0 Å². The summed E-state index contributed by atoms with van der Waals surface area (Å²) in [6.45, 7) is 1.10. The number of rotatable bonds is 4. The van der Waals surface area contributed by atoms with E-state index in [9.17, 15) is 4.79 Å². The van der Waals surface area contributed by atoms with Gasteiger partial charge in [0.05, 0.1) is 27.2 Å². The minimum Gasteiger partial charge on any atom is -0.335 e. The van der Waals surface area contributed by atoms with Crippen LogP contribution in [0.5, 0.6) is 0 Å². The molecule has 0 atom stereocenters. The summed E-state index contributed by atoms with van der Waals surface area (Å²) in [5, 5.41) is 3.22. The van der Waals surface area contributed by atoms with E-state index in [1.165, 1.54) is 11.3 Å². The Morgan fingerprint density at radius 3 is 3.10 bits per heavy atom. The highest BCUT2D eigenvalue weighted by Gasteiger charge is 2.15. The van der Waals surface area contributed by atoms with Gasteiger partial charge in [0.2, 0.25) is 0 Å². The van der Waals surface area contributed by atoms with Crippen molar-refractivity contribution in [3.63, 3.8) is 0 Å². The Hall–Kier alpha value is -1.96. The number of nitrogens with zero attached hydrogens (tertiary/aromatic N) is 3. The average molecular weight is 322 g/mol. The lowest BCUT2D eigenvalue weighted by Crippen LogP contribution is -2.13. The zero-order valence-electron chi connectivity index (χ0n) is 10.9. The van der Waals surface area contributed by atoms with E-state index in [2.05, 4.69) is 15.3 Å². The molecule has 0 saturated heterocycles. The quantitative estimate of drug-likeness (QED) is 0.772. The third-order valence-corrected chi connectivity index (χ3v) is 4.05. The number of hydrogen-bond donors (Lipinski definition) is 2. The van der Waals surface area contributed by atoms with Crippen molar-refractivity contribution in [3.8, 4) is 0 Å². The largest absolute Gasteiger partial charge is 0.335 e. The third kappa shape index (κ3) is 2.76. The van der Waals surface area contributed by atoms with Crippen LogP contribution >= 0.6 is 22.9 Å². The van der Waals surface area contributed by atoms with Crippen molar-refractivity contribution in [2.75, 3.05) is 11.9 Å². The van der Waals surface area contributed by atoms with E-state index in [1.807, 2.05) is 6.07 Å². The van der Waals surface area contributed by atoms with Gasteiger partial charge in [-0.05, 0) is 12.1 Å². The Balaban J connectivity index is 1.88. The van der Waals surface area contributed by atoms with E-state index in [4.69, 9.17) is 17.3 Å². The standard InChI is InChI=1S/C13H12ClN5OS/c14-8-1-2-10-12(17-7-21-10)11(8)18-13(20)9-5-19(4-3-15)6-16-9/h1-2,5-7H,3-4,15H2,(H,18,20). The number of nitrogens with one attached hydrogen (secondary N) is 1. The first-order valence-electron chi connectivity index (χ1n) is 6.24. The van der Waals surface area contributed by atoms with Crippen molar-refractivity contribution in [3.05, 3.63) is 40.9 Å². The van der Waals surface area contributed by atoms with Crippen LogP contribution in [0.25, 0.3) is 10.2 Å². The highest BCUT2D eigenvalue weighted by Crippen LogP contribution is 2.32. The fourth-order valence-electron chi connectivity index (χ4n) is 1.95. The molecule has 8 heteroatoms. The van der Waals surface area contributed by atoms with Crippen molar-refractivity contribution >= 4 is 44.7 Å². The minimum atomic E-state index is -0.326. The molecule has 1 amide bonds. The first kappa shape index (κ1) is 14.0. The van der Waals surface area contributed by atoms with Crippen LogP contribution in [0.3, 0.4) is 0 Å². The lowest BCUT2D eigenvalue weighted by atomic mass is 10.2. The molecule has 0 aliphatic rings. The number of aromatic nitrogens is 3. The molecular weight excluding hydrogens is 310 g/mol. The Morgan fingerprint density at radius 1 is 1.43 bits per heavy atom. The van der Waals surface area contributed by atoms with E-state index in [1.54, 1.807) is 28.7 Å². The number of benzene rings is 1. The van der Waals surface area contributed by atoms with Crippen LogP contribution in [0.4, 0.5) is 5.69 Å². The lowest BCUT2D eigenvalue weighted by Gasteiger charge is -2.06. The Labute approximate surface area is 129 Å². The lowest BCUT2D eigenvalue weighted by molar-refractivity contribution is 0.102. The van der Waals surface area contributed by atoms with Crippen LogP contribution < -0.4 is 11.1 Å². The predicted octanol–water partition coefficient (Wildman–Crippen LogP) is 2.36. The molecule has 3 rings (SSSR count). The summed E-state index contributed by atoms with van der Waals surface area (Å²) in [4.78, 5) is 20.5. The van der Waals surface area contributed by atoms with Gasteiger partial charge in [-0.3, -0.25) is 4.79 Å². The summed E-state index contributed by atoms with van der Waals surface area (Å²) in [6.07, 6.45) is 3.23. The van der Waals surface area contributed by atoms with Crippen LogP contribution in [0.2, 0.25) is 5.02 Å². The van der Waals surface area contributed by atoms with E-state index >= 15 is 0 Å². The maximum Gasteiger partial charge on any atom is 0.275 e. The van der Waals surface area contributed by atoms with Gasteiger partial charge in [-0.25, -0.2) is 9.97 Å². The minimum absolute atomic E-state index is 0.312. The SMILES string of the molecule is NCCn1cnc(C(=O)Nc2c(Cl)ccc3scnc23)c1. The number of carbonyl (C=O) groups excluding carboxylic acids is 1. The predicted molar refractivity (Wildman–Crippen MR) is 83.9 cm³/mol. The maximum atomic E-state index is 12.2. The molecule has 0 fully saturated rings. The molecular formula is C13H12ClN5OS. The average Bonchev–Trinajstić information content (AvgIpc) is 3.11. The number of halogens is 1. The van der Waals surface area contributed by atoms with Gasteiger partial charge in [0, 0.05) is 19.3 Å². The molecule has 0 saturated carbocycles. The summed E-state index contributed by atoms with van der Waals surface area (Å²) in [5.74, 6) is -0.326. The molecule has 0 aliphatic carbocycles. The third-order valence-electron chi connectivity index (χ3n) is 2.94. The summed E-state index contributed by atoms with van der Waals surface area (Å²) in [7, 11) is 0. The zero-order chi connectivity index (χ0) is 14.8. The molecule has 2 heterocycles. The Kier molecular flexibility index (Phi) is 3.87. The molecule has 0 unspecified atom stereocenters. The fraction of sp³-hybridized carbons (Fsp3) is 0.154. The number of imidazole rings is 1. The summed E-state index contributed by atoms with van der Waals surface area (Å²) < 4.78 is 2.73. The second-order valence-corrected chi connectivity index (χ2v) is 5.65. The molecule has 2 aromatic heterocycles. The number of anilines is 1. The van der Waals surface area contributed by atoms with E-state index in [-0.39, 0.29) is 5.91 Å². The van der Waals surface area contributed by atoms with E-state index < -0.39 is 0 Å². The van der Waals surface area contributed by atoms with Gasteiger partial charge in [0.25, 0.3) is 5.91 Å². The van der Waals surface area contributed by atoms with Crippen LogP contribution in [-0.4, -0.2) is 27.0 Å². The van der Waals surface area contributed by atoms with Gasteiger partial charge in [0.1, 0.15) is 11.2 Å². The van der Waals surface area contributed by atoms with Crippen LogP contribution in [0.15, 0.2) is 30.2 Å². The number of hydrogen-bond acceptors (Lipinski definition) is 5. The fourth-order valence-corrected chi connectivity index (χ4v) is 2.84. The topological polar surface area (TPSA) is 85.8 Å². The number of nitrogens with two attached hydrogens (primary N) is 1. The van der Waals surface area contributed by atoms with Crippen molar-refractivity contribution in [1.82, 2.24) is 14.5 Å².